The first-order valence-electron chi connectivity index (χ1n) is 5.93. The molecule has 1 aromatic heterocycles. The van der Waals surface area contributed by atoms with Crippen LogP contribution < -0.4 is 10.3 Å². The Labute approximate surface area is 119 Å². The van der Waals surface area contributed by atoms with Crippen molar-refractivity contribution >= 4 is 17.6 Å². The second-order valence-electron chi connectivity index (χ2n) is 4.65. The molecule has 0 fully saturated rings. The summed E-state index contributed by atoms with van der Waals surface area (Å²) in [6.45, 7) is 3.52. The number of nitrogens with one attached hydrogen (secondary N) is 1. The van der Waals surface area contributed by atoms with E-state index in [4.69, 9.17) is 9.15 Å². The SMILES string of the molecule is CC(C)(NC(=O)OCc1ccccc1)c1nsc(=O)o1. The van der Waals surface area contributed by atoms with E-state index in [1.807, 2.05) is 30.3 Å². The number of rotatable bonds is 4. The van der Waals surface area contributed by atoms with Crippen LogP contribution in [-0.2, 0) is 16.9 Å². The number of nitrogens with zero attached hydrogens (tertiary/aromatic N) is 1. The molecule has 0 saturated carbocycles. The lowest BCUT2D eigenvalue weighted by Crippen LogP contribution is -2.41. The molecular weight excluding hydrogens is 280 g/mol. The molecule has 0 spiro atoms. The minimum absolute atomic E-state index is 0.157. The predicted molar refractivity (Wildman–Crippen MR) is 73.4 cm³/mol. The first-order valence-corrected chi connectivity index (χ1v) is 6.71. The van der Waals surface area contributed by atoms with Gasteiger partial charge in [-0.15, -0.1) is 0 Å². The van der Waals surface area contributed by atoms with Crippen molar-refractivity contribution < 1.29 is 13.9 Å². The van der Waals surface area contributed by atoms with Gasteiger partial charge in [0.1, 0.15) is 12.1 Å². The Hall–Kier alpha value is -2.15. The van der Waals surface area contributed by atoms with E-state index in [0.29, 0.717) is 11.5 Å². The van der Waals surface area contributed by atoms with Gasteiger partial charge in [-0.25, -0.2) is 9.59 Å². The summed E-state index contributed by atoms with van der Waals surface area (Å²) in [5.74, 6) is 0.157. The monoisotopic (exact) mass is 294 g/mol. The number of alkyl carbamates (subject to hydrolysis) is 1. The van der Waals surface area contributed by atoms with Crippen molar-refractivity contribution in [2.45, 2.75) is 26.0 Å². The van der Waals surface area contributed by atoms with Gasteiger partial charge in [0, 0.05) is 11.5 Å². The lowest BCUT2D eigenvalue weighted by atomic mass is 10.1. The summed E-state index contributed by atoms with van der Waals surface area (Å²) in [4.78, 5) is 22.2. The minimum Gasteiger partial charge on any atom is -0.445 e. The Balaban J connectivity index is 1.92. The van der Waals surface area contributed by atoms with Crippen molar-refractivity contribution in [1.82, 2.24) is 9.69 Å². The molecule has 20 heavy (non-hydrogen) atoms. The van der Waals surface area contributed by atoms with Gasteiger partial charge in [0.25, 0.3) is 0 Å². The molecule has 2 aromatic rings. The molecule has 0 atom stereocenters. The highest BCUT2D eigenvalue weighted by Crippen LogP contribution is 2.17. The number of aromatic nitrogens is 1. The highest BCUT2D eigenvalue weighted by molar-refractivity contribution is 7.02. The fourth-order valence-corrected chi connectivity index (χ4v) is 2.04. The summed E-state index contributed by atoms with van der Waals surface area (Å²) in [7, 11) is 0. The number of amides is 1. The summed E-state index contributed by atoms with van der Waals surface area (Å²) in [5, 5.41) is 2.61. The third-order valence-electron chi connectivity index (χ3n) is 2.55. The molecule has 1 amide bonds. The molecular formula is C13H14N2O4S. The first kappa shape index (κ1) is 14.3. The topological polar surface area (TPSA) is 81.4 Å². The molecule has 0 saturated heterocycles. The molecule has 1 aromatic carbocycles. The van der Waals surface area contributed by atoms with Gasteiger partial charge >= 0.3 is 11.0 Å². The van der Waals surface area contributed by atoms with Gasteiger partial charge in [0.15, 0.2) is 0 Å². The Kier molecular flexibility index (Phi) is 4.19. The number of hydrogen-bond donors (Lipinski definition) is 1. The van der Waals surface area contributed by atoms with Crippen LogP contribution >= 0.6 is 11.5 Å². The molecule has 106 valence electrons. The standard InChI is InChI=1S/C13H14N2O4S/c1-13(2,10-15-20-12(17)19-10)14-11(16)18-8-9-6-4-3-5-7-9/h3-7H,8H2,1-2H3,(H,14,16). The molecule has 0 aliphatic rings. The van der Waals surface area contributed by atoms with Crippen LogP contribution in [0, 0.1) is 0 Å². The third kappa shape index (κ3) is 3.67. The van der Waals surface area contributed by atoms with E-state index in [-0.39, 0.29) is 12.5 Å². The van der Waals surface area contributed by atoms with Crippen LogP contribution in [0.2, 0.25) is 0 Å². The van der Waals surface area contributed by atoms with Gasteiger partial charge in [-0.05, 0) is 19.4 Å². The van der Waals surface area contributed by atoms with Crippen LogP contribution in [0.25, 0.3) is 0 Å². The maximum atomic E-state index is 11.7. The van der Waals surface area contributed by atoms with Crippen LogP contribution in [0.3, 0.4) is 0 Å². The van der Waals surface area contributed by atoms with Gasteiger partial charge in [0.2, 0.25) is 5.89 Å². The molecule has 0 radical (unpaired) electrons. The number of benzene rings is 1. The fourth-order valence-electron chi connectivity index (χ4n) is 1.50. The maximum absolute atomic E-state index is 11.7. The third-order valence-corrected chi connectivity index (χ3v) is 3.03. The Morgan fingerprint density at radius 3 is 2.70 bits per heavy atom. The van der Waals surface area contributed by atoms with Gasteiger partial charge in [0.05, 0.1) is 0 Å². The molecule has 7 heteroatoms. The highest BCUT2D eigenvalue weighted by atomic mass is 32.1. The molecule has 1 heterocycles. The number of hydrogen-bond acceptors (Lipinski definition) is 6. The average molecular weight is 294 g/mol. The van der Waals surface area contributed by atoms with E-state index >= 15 is 0 Å². The van der Waals surface area contributed by atoms with E-state index in [1.54, 1.807) is 13.8 Å². The van der Waals surface area contributed by atoms with Crippen LogP contribution in [0.1, 0.15) is 25.3 Å². The van der Waals surface area contributed by atoms with Gasteiger partial charge in [-0.1, -0.05) is 30.3 Å². The summed E-state index contributed by atoms with van der Waals surface area (Å²) in [6.07, 6.45) is -0.602. The Bertz CT molecular complexity index is 633. The zero-order chi connectivity index (χ0) is 14.6. The number of ether oxygens (including phenoxy) is 1. The van der Waals surface area contributed by atoms with E-state index in [1.165, 1.54) is 0 Å². The lowest BCUT2D eigenvalue weighted by Gasteiger charge is -2.21. The van der Waals surface area contributed by atoms with Crippen molar-refractivity contribution in [2.75, 3.05) is 0 Å². The van der Waals surface area contributed by atoms with Gasteiger partial charge in [-0.3, -0.25) is 0 Å². The van der Waals surface area contributed by atoms with Crippen molar-refractivity contribution in [3.8, 4) is 0 Å². The molecule has 0 bridgehead atoms. The summed E-state index contributed by atoms with van der Waals surface area (Å²) in [5.41, 5.74) is -0.0203. The zero-order valence-electron chi connectivity index (χ0n) is 11.1. The maximum Gasteiger partial charge on any atom is 0.414 e. The predicted octanol–water partition coefficient (Wildman–Crippen LogP) is 2.26. The van der Waals surface area contributed by atoms with Crippen molar-refractivity contribution in [3.63, 3.8) is 0 Å². The van der Waals surface area contributed by atoms with Crippen molar-refractivity contribution in [3.05, 3.63) is 51.5 Å². The molecule has 1 N–H and O–H groups in total. The molecule has 0 aliphatic carbocycles. The van der Waals surface area contributed by atoms with Gasteiger partial charge in [-0.2, -0.15) is 4.37 Å². The number of carbonyl (C=O) groups excluding carboxylic acids is 1. The second-order valence-corrected chi connectivity index (χ2v) is 5.35. The van der Waals surface area contributed by atoms with Crippen LogP contribution in [0.4, 0.5) is 4.79 Å². The Morgan fingerprint density at radius 1 is 1.40 bits per heavy atom. The Morgan fingerprint density at radius 2 is 2.10 bits per heavy atom. The quantitative estimate of drug-likeness (QED) is 0.935. The van der Waals surface area contributed by atoms with E-state index < -0.39 is 16.6 Å². The summed E-state index contributed by atoms with van der Waals surface area (Å²) < 4.78 is 13.8. The van der Waals surface area contributed by atoms with E-state index in [9.17, 15) is 9.59 Å². The van der Waals surface area contributed by atoms with Gasteiger partial charge < -0.3 is 14.5 Å². The average Bonchev–Trinajstić information content (AvgIpc) is 2.85. The zero-order valence-corrected chi connectivity index (χ0v) is 11.9. The van der Waals surface area contributed by atoms with Crippen LogP contribution in [0.5, 0.6) is 0 Å². The number of carbonyl (C=O) groups is 1. The smallest absolute Gasteiger partial charge is 0.414 e. The van der Waals surface area contributed by atoms with Crippen molar-refractivity contribution in [1.29, 1.82) is 0 Å². The highest BCUT2D eigenvalue weighted by Gasteiger charge is 2.29. The summed E-state index contributed by atoms with van der Waals surface area (Å²) in [6, 6.07) is 9.33. The van der Waals surface area contributed by atoms with E-state index in [2.05, 4.69) is 9.69 Å². The normalized spacial score (nSPS) is 11.1. The summed E-state index contributed by atoms with van der Waals surface area (Å²) >= 11 is 0.704. The molecule has 0 aliphatic heterocycles. The van der Waals surface area contributed by atoms with Crippen molar-refractivity contribution in [2.24, 2.45) is 0 Å². The second kappa shape index (κ2) is 5.87. The van der Waals surface area contributed by atoms with E-state index in [0.717, 1.165) is 5.56 Å². The van der Waals surface area contributed by atoms with Crippen LogP contribution in [-0.4, -0.2) is 10.5 Å². The largest absolute Gasteiger partial charge is 0.445 e. The molecule has 0 unspecified atom stereocenters. The first-order chi connectivity index (χ1) is 9.47. The fraction of sp³-hybridized carbons (Fsp3) is 0.308. The molecule has 2 rings (SSSR count). The molecule has 6 nitrogen and oxygen atoms in total. The lowest BCUT2D eigenvalue weighted by molar-refractivity contribution is 0.125. The minimum atomic E-state index is -0.910. The van der Waals surface area contributed by atoms with Crippen LogP contribution in [0.15, 0.2) is 39.5 Å².